The third-order valence-electron chi connectivity index (χ3n) is 4.78. The fourth-order valence-corrected chi connectivity index (χ4v) is 3.39. The topological polar surface area (TPSA) is 46.9 Å². The molecule has 0 bridgehead atoms. The van der Waals surface area contributed by atoms with Gasteiger partial charge in [-0.1, -0.05) is 0 Å². The van der Waals surface area contributed by atoms with Gasteiger partial charge < -0.3 is 14.4 Å². The van der Waals surface area contributed by atoms with E-state index in [4.69, 9.17) is 9.47 Å². The molecule has 0 saturated carbocycles. The number of nitrogens with zero attached hydrogens (tertiary/aromatic N) is 3. The summed E-state index contributed by atoms with van der Waals surface area (Å²) in [5.74, 6) is 0.731. The first-order valence-corrected chi connectivity index (χ1v) is 9.99. The molecule has 8 heteroatoms. The molecule has 1 aromatic carbocycles. The second-order valence-electron chi connectivity index (χ2n) is 8.69. The lowest BCUT2D eigenvalue weighted by molar-refractivity contribution is 0.0544. The van der Waals surface area contributed by atoms with Crippen molar-refractivity contribution in [3.63, 3.8) is 0 Å². The Labute approximate surface area is 177 Å². The first-order valence-electron chi connectivity index (χ1n) is 9.99. The molecule has 0 spiro atoms. The summed E-state index contributed by atoms with van der Waals surface area (Å²) in [5, 5.41) is 0.908. The summed E-state index contributed by atoms with van der Waals surface area (Å²) in [5.41, 5.74) is 2.03. The Morgan fingerprint density at radius 2 is 1.83 bits per heavy atom. The molecule has 0 fully saturated rings. The molecule has 0 aliphatic rings. The number of alkyl halides is 2. The van der Waals surface area contributed by atoms with Crippen molar-refractivity contribution in [2.24, 2.45) is 0 Å². The van der Waals surface area contributed by atoms with E-state index in [9.17, 15) is 13.6 Å². The average Bonchev–Trinajstić information content (AvgIpc) is 3.06. The number of aromatic nitrogens is 1. The first-order chi connectivity index (χ1) is 13.9. The van der Waals surface area contributed by atoms with Crippen LogP contribution in [-0.2, 0) is 11.3 Å². The summed E-state index contributed by atoms with van der Waals surface area (Å²) in [6.07, 6.45) is -1.06. The quantitative estimate of drug-likeness (QED) is 0.629. The van der Waals surface area contributed by atoms with Crippen LogP contribution in [0, 0.1) is 6.92 Å². The van der Waals surface area contributed by atoms with Crippen molar-refractivity contribution in [3.05, 3.63) is 29.5 Å². The van der Waals surface area contributed by atoms with Crippen LogP contribution in [0.5, 0.6) is 5.75 Å². The average molecular weight is 426 g/mol. The molecule has 0 atom stereocenters. The van der Waals surface area contributed by atoms with Crippen molar-refractivity contribution in [3.8, 4) is 5.75 Å². The van der Waals surface area contributed by atoms with Crippen molar-refractivity contribution in [1.82, 2.24) is 14.4 Å². The van der Waals surface area contributed by atoms with Crippen molar-refractivity contribution in [1.29, 1.82) is 0 Å². The number of halogens is 2. The zero-order valence-electron chi connectivity index (χ0n) is 19.0. The van der Waals surface area contributed by atoms with Crippen molar-refractivity contribution in [2.45, 2.75) is 46.3 Å². The van der Waals surface area contributed by atoms with Crippen LogP contribution < -0.4 is 4.74 Å². The third-order valence-corrected chi connectivity index (χ3v) is 4.78. The normalized spacial score (nSPS) is 12.4. The Balaban J connectivity index is 2.31. The molecule has 0 unspecified atom stereocenters. The molecule has 0 saturated heterocycles. The molecule has 2 aromatic rings. The van der Waals surface area contributed by atoms with E-state index in [1.54, 1.807) is 25.3 Å². The predicted molar refractivity (Wildman–Crippen MR) is 115 cm³/mol. The Kier molecular flexibility index (Phi) is 7.82. The molecular formula is C22H33F2N3O3. The zero-order chi connectivity index (χ0) is 22.6. The number of ether oxygens (including phenoxy) is 2. The van der Waals surface area contributed by atoms with Crippen LogP contribution in [0.15, 0.2) is 18.3 Å². The van der Waals surface area contributed by atoms with Gasteiger partial charge in [0, 0.05) is 36.8 Å². The number of carbonyl (C=O) groups is 1. The number of fused-ring (bicyclic) bond motifs is 1. The van der Waals surface area contributed by atoms with Gasteiger partial charge in [0.1, 0.15) is 11.4 Å². The van der Waals surface area contributed by atoms with Crippen LogP contribution in [0.4, 0.5) is 13.6 Å². The minimum atomic E-state index is -2.34. The molecule has 168 valence electrons. The summed E-state index contributed by atoms with van der Waals surface area (Å²) in [7, 11) is 5.24. The van der Waals surface area contributed by atoms with Gasteiger partial charge in [0.15, 0.2) is 0 Å². The van der Waals surface area contributed by atoms with Gasteiger partial charge in [-0.2, -0.15) is 0 Å². The van der Waals surface area contributed by atoms with Gasteiger partial charge in [-0.05, 0) is 59.5 Å². The highest BCUT2D eigenvalue weighted by Crippen LogP contribution is 2.33. The summed E-state index contributed by atoms with van der Waals surface area (Å²) in [6.45, 7) is 8.88. The fourth-order valence-electron chi connectivity index (χ4n) is 3.39. The van der Waals surface area contributed by atoms with E-state index in [2.05, 4.69) is 4.90 Å². The molecule has 0 amide bonds. The molecule has 1 aromatic heterocycles. The van der Waals surface area contributed by atoms with E-state index in [0.29, 0.717) is 19.6 Å². The molecule has 6 nitrogen and oxygen atoms in total. The van der Waals surface area contributed by atoms with Gasteiger partial charge in [0.05, 0.1) is 19.2 Å². The Bertz CT molecular complexity index is 875. The summed E-state index contributed by atoms with van der Waals surface area (Å²) < 4.78 is 37.7. The maximum Gasteiger partial charge on any atom is 0.419 e. The predicted octanol–water partition coefficient (Wildman–Crippen LogP) is 4.37. The van der Waals surface area contributed by atoms with E-state index >= 15 is 0 Å². The molecule has 0 aliphatic heterocycles. The van der Waals surface area contributed by atoms with Crippen LogP contribution >= 0.6 is 0 Å². The number of hydrogen-bond acceptors (Lipinski definition) is 5. The van der Waals surface area contributed by atoms with E-state index < -0.39 is 18.1 Å². The van der Waals surface area contributed by atoms with Gasteiger partial charge >= 0.3 is 6.09 Å². The third kappa shape index (κ3) is 6.15. The highest BCUT2D eigenvalue weighted by Gasteiger charge is 2.22. The lowest BCUT2D eigenvalue weighted by atomic mass is 10.0. The Morgan fingerprint density at radius 3 is 2.40 bits per heavy atom. The molecule has 0 radical (unpaired) electrons. The van der Waals surface area contributed by atoms with Gasteiger partial charge in [-0.15, -0.1) is 0 Å². The van der Waals surface area contributed by atoms with E-state index in [0.717, 1.165) is 27.8 Å². The number of carbonyl (C=O) groups excluding carboxylic acids is 1. The number of benzene rings is 1. The smallest absolute Gasteiger partial charge is 0.419 e. The number of methoxy groups -OCH3 is 1. The van der Waals surface area contributed by atoms with Gasteiger partial charge in [-0.3, -0.25) is 9.47 Å². The molecule has 0 N–H and O–H groups in total. The van der Waals surface area contributed by atoms with E-state index in [-0.39, 0.29) is 6.54 Å². The van der Waals surface area contributed by atoms with Crippen LogP contribution in [0.1, 0.15) is 31.9 Å². The van der Waals surface area contributed by atoms with Crippen molar-refractivity contribution in [2.75, 3.05) is 40.8 Å². The molecule has 1 heterocycles. The van der Waals surface area contributed by atoms with Gasteiger partial charge in [0.25, 0.3) is 6.43 Å². The standard InChI is InChI=1S/C22H33F2N3O3/c1-15-12-18(29-7)17(13-25(5)10-11-26(6)14-19(23)24)16-8-9-27(20(15)16)21(28)30-22(2,3)4/h8-9,12,19H,10-11,13-14H2,1-7H3. The lowest BCUT2D eigenvalue weighted by Crippen LogP contribution is -2.33. The van der Waals surface area contributed by atoms with Crippen LogP contribution in [0.25, 0.3) is 10.9 Å². The molecule has 2 rings (SSSR count). The second-order valence-corrected chi connectivity index (χ2v) is 8.69. The van der Waals surface area contributed by atoms with Crippen molar-refractivity contribution < 1.29 is 23.0 Å². The number of rotatable bonds is 8. The Morgan fingerprint density at radius 1 is 1.20 bits per heavy atom. The lowest BCUT2D eigenvalue weighted by Gasteiger charge is -2.23. The highest BCUT2D eigenvalue weighted by atomic mass is 19.3. The second kappa shape index (κ2) is 9.75. The van der Waals surface area contributed by atoms with E-state index in [1.165, 1.54) is 4.57 Å². The highest BCUT2D eigenvalue weighted by molar-refractivity contribution is 5.95. The fraction of sp³-hybridized carbons (Fsp3) is 0.591. The molecule has 0 aliphatic carbocycles. The summed E-state index contributed by atoms with van der Waals surface area (Å²) >= 11 is 0. The Hall–Kier alpha value is -2.19. The van der Waals surface area contributed by atoms with Crippen LogP contribution in [0.2, 0.25) is 0 Å². The number of hydrogen-bond donors (Lipinski definition) is 0. The summed E-state index contributed by atoms with van der Waals surface area (Å²) in [4.78, 5) is 16.3. The minimum absolute atomic E-state index is 0.245. The van der Waals surface area contributed by atoms with E-state index in [1.807, 2.05) is 46.9 Å². The van der Waals surface area contributed by atoms with Crippen LogP contribution in [-0.4, -0.2) is 73.3 Å². The summed E-state index contributed by atoms with van der Waals surface area (Å²) in [6, 6.07) is 3.80. The maximum atomic E-state index is 12.7. The van der Waals surface area contributed by atoms with Crippen molar-refractivity contribution >= 4 is 17.0 Å². The van der Waals surface area contributed by atoms with Crippen LogP contribution in [0.3, 0.4) is 0 Å². The SMILES string of the molecule is COc1cc(C)c2c(ccn2C(=O)OC(C)(C)C)c1CN(C)CCN(C)CC(F)F. The number of likely N-dealkylation sites (N-methyl/N-ethyl adjacent to an activating group) is 2. The molecule has 30 heavy (non-hydrogen) atoms. The maximum absolute atomic E-state index is 12.7. The minimum Gasteiger partial charge on any atom is -0.496 e. The van der Waals surface area contributed by atoms with Gasteiger partial charge in [0.2, 0.25) is 0 Å². The number of aryl methyl sites for hydroxylation is 1. The molecular weight excluding hydrogens is 392 g/mol. The zero-order valence-corrected chi connectivity index (χ0v) is 19.0. The monoisotopic (exact) mass is 425 g/mol. The largest absolute Gasteiger partial charge is 0.496 e. The first kappa shape index (κ1) is 24.1. The van der Waals surface area contributed by atoms with Gasteiger partial charge in [-0.25, -0.2) is 13.6 Å².